The van der Waals surface area contributed by atoms with Crippen LogP contribution in [0.15, 0.2) is 42.5 Å². The molecule has 3 rings (SSSR count). The van der Waals surface area contributed by atoms with Gasteiger partial charge in [-0.2, -0.15) is 5.10 Å². The van der Waals surface area contributed by atoms with Crippen LogP contribution < -0.4 is 9.47 Å². The van der Waals surface area contributed by atoms with E-state index in [-0.39, 0.29) is 0 Å². The van der Waals surface area contributed by atoms with Crippen LogP contribution in [0, 0.1) is 4.77 Å². The molecule has 0 aliphatic rings. The van der Waals surface area contributed by atoms with Gasteiger partial charge in [0.1, 0.15) is 5.82 Å². The summed E-state index contributed by atoms with van der Waals surface area (Å²) in [5, 5.41) is 8.02. The highest BCUT2D eigenvalue weighted by atomic mass is 35.5. The van der Waals surface area contributed by atoms with Gasteiger partial charge in [0.2, 0.25) is 0 Å². The predicted octanol–water partition coefficient (Wildman–Crippen LogP) is 5.03. The van der Waals surface area contributed by atoms with Crippen LogP contribution in [0.3, 0.4) is 0 Å². The van der Waals surface area contributed by atoms with Crippen LogP contribution in [0.4, 0.5) is 0 Å². The number of aromatic nitrogens is 3. The fourth-order valence-corrected chi connectivity index (χ4v) is 3.15. The molecule has 0 radical (unpaired) electrons. The predicted molar refractivity (Wildman–Crippen MR) is 110 cm³/mol. The van der Waals surface area contributed by atoms with Crippen molar-refractivity contribution in [3.05, 3.63) is 69.2 Å². The molecule has 1 heterocycles. The summed E-state index contributed by atoms with van der Waals surface area (Å²) in [6.45, 7) is 5.73. The Hall–Kier alpha value is -2.31. The number of ether oxygens (including phenoxy) is 2. The average Bonchev–Trinajstić information content (AvgIpc) is 2.99. The lowest BCUT2D eigenvalue weighted by atomic mass is 10.1. The molecule has 0 amide bonds. The zero-order chi connectivity index (χ0) is 19.2. The van der Waals surface area contributed by atoms with E-state index in [9.17, 15) is 0 Å². The Kier molecular flexibility index (Phi) is 6.53. The van der Waals surface area contributed by atoms with Crippen molar-refractivity contribution in [2.45, 2.75) is 26.8 Å². The number of hydrogen-bond acceptors (Lipinski definition) is 4. The molecule has 0 aliphatic heterocycles. The third-order valence-corrected chi connectivity index (χ3v) is 4.62. The maximum absolute atomic E-state index is 5.97. The molecule has 0 aliphatic carbocycles. The lowest BCUT2D eigenvalue weighted by Crippen LogP contribution is -2.07. The average molecular weight is 404 g/mol. The van der Waals surface area contributed by atoms with Gasteiger partial charge in [-0.3, -0.25) is 9.67 Å². The zero-order valence-corrected chi connectivity index (χ0v) is 16.9. The quantitative estimate of drug-likeness (QED) is 0.536. The minimum absolute atomic E-state index is 0.582. The van der Waals surface area contributed by atoms with Gasteiger partial charge in [-0.1, -0.05) is 29.8 Å². The number of H-pyrrole nitrogens is 1. The maximum atomic E-state index is 5.97. The molecule has 3 aromatic rings. The van der Waals surface area contributed by atoms with Crippen molar-refractivity contribution in [1.29, 1.82) is 0 Å². The fraction of sp³-hybridized carbons (Fsp3) is 0.300. The van der Waals surface area contributed by atoms with Gasteiger partial charge in [0, 0.05) is 11.4 Å². The number of hydrogen-bond donors (Lipinski definition) is 1. The van der Waals surface area contributed by atoms with Gasteiger partial charge >= 0.3 is 0 Å². The van der Waals surface area contributed by atoms with E-state index in [1.54, 1.807) is 0 Å². The van der Waals surface area contributed by atoms with Crippen LogP contribution in [-0.4, -0.2) is 28.0 Å². The van der Waals surface area contributed by atoms with Crippen molar-refractivity contribution in [3.63, 3.8) is 0 Å². The van der Waals surface area contributed by atoms with Gasteiger partial charge < -0.3 is 9.47 Å². The Morgan fingerprint density at radius 3 is 2.37 bits per heavy atom. The lowest BCUT2D eigenvalue weighted by molar-refractivity contribution is 0.287. The third kappa shape index (κ3) is 4.90. The summed E-state index contributed by atoms with van der Waals surface area (Å²) in [6, 6.07) is 13.7. The molecular formula is C20H22ClN3O2S. The number of rotatable bonds is 8. The topological polar surface area (TPSA) is 52.1 Å². The molecule has 27 heavy (non-hydrogen) atoms. The first kappa shape index (κ1) is 19.5. The summed E-state index contributed by atoms with van der Waals surface area (Å²) in [6.07, 6.45) is 0.632. The number of aromatic amines is 1. The highest BCUT2D eigenvalue weighted by molar-refractivity contribution is 7.71. The summed E-state index contributed by atoms with van der Waals surface area (Å²) in [5.41, 5.74) is 2.19. The summed E-state index contributed by atoms with van der Waals surface area (Å²) < 4.78 is 13.9. The number of benzene rings is 2. The largest absolute Gasteiger partial charge is 0.490 e. The molecule has 0 spiro atoms. The second kappa shape index (κ2) is 9.06. The molecule has 1 N–H and O–H groups in total. The molecule has 0 fully saturated rings. The molecule has 0 atom stereocenters. The highest BCUT2D eigenvalue weighted by Gasteiger charge is 2.11. The molecule has 2 aromatic carbocycles. The van der Waals surface area contributed by atoms with Crippen molar-refractivity contribution in [2.75, 3.05) is 13.2 Å². The number of halogens is 1. The smallest absolute Gasteiger partial charge is 0.195 e. The Morgan fingerprint density at radius 2 is 1.67 bits per heavy atom. The van der Waals surface area contributed by atoms with E-state index < -0.39 is 0 Å². The second-order valence-electron chi connectivity index (χ2n) is 5.98. The monoisotopic (exact) mass is 403 g/mol. The molecule has 0 saturated carbocycles. The van der Waals surface area contributed by atoms with Gasteiger partial charge in [-0.15, -0.1) is 0 Å². The van der Waals surface area contributed by atoms with Crippen molar-refractivity contribution in [1.82, 2.24) is 14.8 Å². The second-order valence-corrected chi connectivity index (χ2v) is 6.80. The molecule has 0 saturated heterocycles. The minimum atomic E-state index is 0.582. The SMILES string of the molecule is CCOc1ccc(Cc2n[nH]c(=S)n2Cc2ccc(Cl)cc2)cc1OCC. The van der Waals surface area contributed by atoms with Crippen molar-refractivity contribution in [3.8, 4) is 11.5 Å². The van der Waals surface area contributed by atoms with Crippen molar-refractivity contribution in [2.24, 2.45) is 0 Å². The number of nitrogens with one attached hydrogen (secondary N) is 1. The normalized spacial score (nSPS) is 10.8. The molecule has 0 bridgehead atoms. The Bertz CT molecular complexity index is 951. The third-order valence-electron chi connectivity index (χ3n) is 4.06. The van der Waals surface area contributed by atoms with E-state index in [0.29, 0.717) is 36.0 Å². The molecule has 0 unspecified atom stereocenters. The van der Waals surface area contributed by atoms with Crippen molar-refractivity contribution < 1.29 is 9.47 Å². The van der Waals surface area contributed by atoms with Crippen molar-refractivity contribution >= 4 is 23.8 Å². The molecule has 7 heteroatoms. The fourth-order valence-electron chi connectivity index (χ4n) is 2.81. The summed E-state index contributed by atoms with van der Waals surface area (Å²) in [4.78, 5) is 0. The van der Waals surface area contributed by atoms with Crippen LogP contribution in [0.25, 0.3) is 0 Å². The molecule has 5 nitrogen and oxygen atoms in total. The summed E-state index contributed by atoms with van der Waals surface area (Å²) in [7, 11) is 0. The first-order chi connectivity index (χ1) is 13.1. The van der Waals surface area contributed by atoms with Gasteiger partial charge in [-0.25, -0.2) is 0 Å². The van der Waals surface area contributed by atoms with Gasteiger partial charge in [-0.05, 0) is 61.5 Å². The highest BCUT2D eigenvalue weighted by Crippen LogP contribution is 2.29. The Balaban J connectivity index is 1.85. The first-order valence-corrected chi connectivity index (χ1v) is 9.66. The van der Waals surface area contributed by atoms with Crippen LogP contribution >= 0.6 is 23.8 Å². The van der Waals surface area contributed by atoms with E-state index in [4.69, 9.17) is 33.3 Å². The molecule has 1 aromatic heterocycles. The van der Waals surface area contributed by atoms with Gasteiger partial charge in [0.25, 0.3) is 0 Å². The first-order valence-electron chi connectivity index (χ1n) is 8.87. The molecular weight excluding hydrogens is 382 g/mol. The summed E-state index contributed by atoms with van der Waals surface area (Å²) >= 11 is 11.4. The van der Waals surface area contributed by atoms with E-state index in [1.165, 1.54) is 0 Å². The number of nitrogens with zero attached hydrogens (tertiary/aromatic N) is 2. The maximum Gasteiger partial charge on any atom is 0.195 e. The minimum Gasteiger partial charge on any atom is -0.490 e. The van der Waals surface area contributed by atoms with E-state index >= 15 is 0 Å². The van der Waals surface area contributed by atoms with Crippen LogP contribution in [0.2, 0.25) is 5.02 Å². The Morgan fingerprint density at radius 1 is 1.00 bits per heavy atom. The van der Waals surface area contributed by atoms with E-state index in [1.807, 2.05) is 60.9 Å². The lowest BCUT2D eigenvalue weighted by Gasteiger charge is -2.13. The molecule has 142 valence electrons. The standard InChI is InChI=1S/C20H22ClN3O2S/c1-3-25-17-10-7-15(11-18(17)26-4-2)12-19-22-23-20(27)24(19)13-14-5-8-16(21)9-6-14/h5-11H,3-4,12-13H2,1-2H3,(H,23,27). The summed E-state index contributed by atoms with van der Waals surface area (Å²) in [5.74, 6) is 2.36. The van der Waals surface area contributed by atoms with Gasteiger partial charge in [0.05, 0.1) is 19.8 Å². The van der Waals surface area contributed by atoms with Crippen LogP contribution in [0.5, 0.6) is 11.5 Å². The van der Waals surface area contributed by atoms with Crippen LogP contribution in [-0.2, 0) is 13.0 Å². The van der Waals surface area contributed by atoms with Gasteiger partial charge in [0.15, 0.2) is 16.3 Å². The van der Waals surface area contributed by atoms with E-state index in [2.05, 4.69) is 10.2 Å². The zero-order valence-electron chi connectivity index (χ0n) is 15.4. The van der Waals surface area contributed by atoms with E-state index in [0.717, 1.165) is 28.5 Å². The van der Waals surface area contributed by atoms with Crippen LogP contribution in [0.1, 0.15) is 30.8 Å². The Labute approximate surface area is 168 Å².